The quantitative estimate of drug-likeness (QED) is 0.888. The molecule has 2 aromatic rings. The Morgan fingerprint density at radius 2 is 2.33 bits per heavy atom. The summed E-state index contributed by atoms with van der Waals surface area (Å²) in [7, 11) is 0. The van der Waals surface area contributed by atoms with Crippen molar-refractivity contribution in [1.82, 2.24) is 15.0 Å². The third-order valence-electron chi connectivity index (χ3n) is 3.60. The van der Waals surface area contributed by atoms with Crippen LogP contribution in [0.3, 0.4) is 0 Å². The topological polar surface area (TPSA) is 60.1 Å². The number of carbonyl (C=O) groups is 1. The molecule has 1 N–H and O–H groups in total. The van der Waals surface area contributed by atoms with Crippen molar-refractivity contribution in [3.63, 3.8) is 0 Å². The molecule has 1 aliphatic rings. The summed E-state index contributed by atoms with van der Waals surface area (Å²) in [5, 5.41) is 6.92. The fourth-order valence-electron chi connectivity index (χ4n) is 2.47. The second-order valence-electron chi connectivity index (χ2n) is 6.10. The first-order valence-corrected chi connectivity index (χ1v) is 7.53. The minimum absolute atomic E-state index is 0.0614. The Balaban J connectivity index is 1.58. The largest absolute Gasteiger partial charge is 0.359 e. The summed E-state index contributed by atoms with van der Waals surface area (Å²) in [6.07, 6.45) is 5.19. The number of carbonyl (C=O) groups excluding carboxylic acids is 1. The number of nitrogens with one attached hydrogen (secondary N) is 1. The van der Waals surface area contributed by atoms with Crippen molar-refractivity contribution in [2.45, 2.75) is 45.7 Å². The van der Waals surface area contributed by atoms with Crippen LogP contribution in [0.2, 0.25) is 0 Å². The van der Waals surface area contributed by atoms with Crippen molar-refractivity contribution in [2.24, 2.45) is 5.92 Å². The van der Waals surface area contributed by atoms with Gasteiger partial charge in [-0.15, -0.1) is 0 Å². The highest BCUT2D eigenvalue weighted by atomic mass is 16.5. The smallest absolute Gasteiger partial charge is 0.268 e. The summed E-state index contributed by atoms with van der Waals surface area (Å²) in [4.78, 5) is 12.2. The lowest BCUT2D eigenvalue weighted by Gasteiger charge is -2.07. The predicted octanol–water partition coefficient (Wildman–Crippen LogP) is 2.94. The molecule has 112 valence electrons. The highest BCUT2D eigenvalue weighted by Gasteiger charge is 2.26. The SMILES string of the molecule is CC(C)Cc1cc(CNC(=O)c2cccn2C2CC2)on1. The molecule has 5 heteroatoms. The number of nitrogens with zero attached hydrogens (tertiary/aromatic N) is 2. The van der Waals surface area contributed by atoms with Crippen LogP contribution in [0, 0.1) is 5.92 Å². The minimum atomic E-state index is -0.0614. The molecule has 0 radical (unpaired) electrons. The molecule has 0 spiro atoms. The van der Waals surface area contributed by atoms with Crippen molar-refractivity contribution in [3.05, 3.63) is 41.5 Å². The maximum Gasteiger partial charge on any atom is 0.268 e. The average Bonchev–Trinajstić information content (AvgIpc) is 2.99. The molecular formula is C16H21N3O2. The number of rotatable bonds is 6. The van der Waals surface area contributed by atoms with E-state index in [4.69, 9.17) is 4.52 Å². The van der Waals surface area contributed by atoms with E-state index in [0.717, 1.165) is 30.7 Å². The molecule has 1 aliphatic carbocycles. The van der Waals surface area contributed by atoms with Gasteiger partial charge in [-0.2, -0.15) is 0 Å². The van der Waals surface area contributed by atoms with Gasteiger partial charge < -0.3 is 14.4 Å². The Morgan fingerprint density at radius 3 is 3.05 bits per heavy atom. The van der Waals surface area contributed by atoms with E-state index in [9.17, 15) is 4.79 Å². The van der Waals surface area contributed by atoms with Crippen LogP contribution in [-0.4, -0.2) is 15.6 Å². The maximum absolute atomic E-state index is 12.2. The molecule has 0 aromatic carbocycles. The van der Waals surface area contributed by atoms with Gasteiger partial charge in [0.2, 0.25) is 0 Å². The Morgan fingerprint density at radius 1 is 1.52 bits per heavy atom. The molecule has 0 unspecified atom stereocenters. The molecule has 2 heterocycles. The van der Waals surface area contributed by atoms with E-state index in [1.165, 1.54) is 0 Å². The van der Waals surface area contributed by atoms with Gasteiger partial charge in [-0.1, -0.05) is 19.0 Å². The van der Waals surface area contributed by atoms with Gasteiger partial charge in [0.25, 0.3) is 5.91 Å². The van der Waals surface area contributed by atoms with Crippen LogP contribution in [0.15, 0.2) is 28.9 Å². The molecule has 21 heavy (non-hydrogen) atoms. The summed E-state index contributed by atoms with van der Waals surface area (Å²) in [5.74, 6) is 1.18. The zero-order valence-electron chi connectivity index (χ0n) is 12.5. The van der Waals surface area contributed by atoms with Crippen LogP contribution in [0.1, 0.15) is 54.7 Å². The molecule has 1 saturated carbocycles. The summed E-state index contributed by atoms with van der Waals surface area (Å²) >= 11 is 0. The number of hydrogen-bond donors (Lipinski definition) is 1. The van der Waals surface area contributed by atoms with Crippen molar-refractivity contribution in [3.8, 4) is 0 Å². The van der Waals surface area contributed by atoms with Gasteiger partial charge in [0.15, 0.2) is 5.76 Å². The highest BCUT2D eigenvalue weighted by molar-refractivity contribution is 5.92. The Labute approximate surface area is 124 Å². The minimum Gasteiger partial charge on any atom is -0.359 e. The molecule has 3 rings (SSSR count). The molecule has 5 nitrogen and oxygen atoms in total. The van der Waals surface area contributed by atoms with Gasteiger partial charge in [-0.25, -0.2) is 0 Å². The molecule has 2 aromatic heterocycles. The first-order valence-electron chi connectivity index (χ1n) is 7.53. The molecule has 1 fully saturated rings. The predicted molar refractivity (Wildman–Crippen MR) is 78.9 cm³/mol. The third kappa shape index (κ3) is 3.35. The van der Waals surface area contributed by atoms with Gasteiger partial charge in [0.05, 0.1) is 12.2 Å². The van der Waals surface area contributed by atoms with E-state index in [2.05, 4.69) is 28.9 Å². The van der Waals surface area contributed by atoms with E-state index < -0.39 is 0 Å². The van der Waals surface area contributed by atoms with Crippen LogP contribution in [0.5, 0.6) is 0 Å². The van der Waals surface area contributed by atoms with Crippen LogP contribution in [0.4, 0.5) is 0 Å². The van der Waals surface area contributed by atoms with Crippen molar-refractivity contribution >= 4 is 5.91 Å². The van der Waals surface area contributed by atoms with Crippen molar-refractivity contribution in [1.29, 1.82) is 0 Å². The highest BCUT2D eigenvalue weighted by Crippen LogP contribution is 2.35. The number of hydrogen-bond acceptors (Lipinski definition) is 3. The summed E-state index contributed by atoms with van der Waals surface area (Å²) in [6.45, 7) is 4.66. The van der Waals surface area contributed by atoms with E-state index in [1.807, 2.05) is 24.4 Å². The van der Waals surface area contributed by atoms with Crippen LogP contribution < -0.4 is 5.32 Å². The second kappa shape index (κ2) is 5.76. The molecule has 0 saturated heterocycles. The first kappa shape index (κ1) is 13.9. The second-order valence-corrected chi connectivity index (χ2v) is 6.10. The first-order chi connectivity index (χ1) is 10.1. The van der Waals surface area contributed by atoms with Gasteiger partial charge in [-0.05, 0) is 37.3 Å². The van der Waals surface area contributed by atoms with Gasteiger partial charge in [0, 0.05) is 18.3 Å². The lowest BCUT2D eigenvalue weighted by Crippen LogP contribution is -2.25. The van der Waals surface area contributed by atoms with Crippen LogP contribution in [0.25, 0.3) is 0 Å². The Kier molecular flexibility index (Phi) is 3.82. The number of amides is 1. The summed E-state index contributed by atoms with van der Waals surface area (Å²) < 4.78 is 7.31. The zero-order chi connectivity index (χ0) is 14.8. The number of aromatic nitrogens is 2. The molecule has 0 aliphatic heterocycles. The molecule has 0 bridgehead atoms. The van der Waals surface area contributed by atoms with E-state index >= 15 is 0 Å². The average molecular weight is 287 g/mol. The van der Waals surface area contributed by atoms with Gasteiger partial charge >= 0.3 is 0 Å². The lowest BCUT2D eigenvalue weighted by atomic mass is 10.1. The van der Waals surface area contributed by atoms with E-state index in [1.54, 1.807) is 0 Å². The van der Waals surface area contributed by atoms with E-state index in [-0.39, 0.29) is 5.91 Å². The lowest BCUT2D eigenvalue weighted by molar-refractivity contribution is 0.0937. The van der Waals surface area contributed by atoms with Crippen LogP contribution in [-0.2, 0) is 13.0 Å². The van der Waals surface area contributed by atoms with Crippen molar-refractivity contribution < 1.29 is 9.32 Å². The Bertz CT molecular complexity index is 623. The molecule has 1 amide bonds. The van der Waals surface area contributed by atoms with Gasteiger partial charge in [0.1, 0.15) is 5.69 Å². The van der Waals surface area contributed by atoms with Crippen LogP contribution >= 0.6 is 0 Å². The van der Waals surface area contributed by atoms with Gasteiger partial charge in [-0.3, -0.25) is 4.79 Å². The third-order valence-corrected chi connectivity index (χ3v) is 3.60. The standard InChI is InChI=1S/C16H21N3O2/c1-11(2)8-12-9-14(21-18-12)10-17-16(20)15-4-3-7-19(15)13-5-6-13/h3-4,7,9,11,13H,5-6,8,10H2,1-2H3,(H,17,20). The monoisotopic (exact) mass is 287 g/mol. The molecule has 0 atom stereocenters. The fraction of sp³-hybridized carbons (Fsp3) is 0.500. The summed E-state index contributed by atoms with van der Waals surface area (Å²) in [5.41, 5.74) is 1.66. The van der Waals surface area contributed by atoms with E-state index in [0.29, 0.717) is 24.3 Å². The zero-order valence-corrected chi connectivity index (χ0v) is 12.5. The maximum atomic E-state index is 12.2. The summed E-state index contributed by atoms with van der Waals surface area (Å²) in [6, 6.07) is 6.20. The fourth-order valence-corrected chi connectivity index (χ4v) is 2.47. The normalized spacial score (nSPS) is 14.6. The molecular weight excluding hydrogens is 266 g/mol. The Hall–Kier alpha value is -2.04. The van der Waals surface area contributed by atoms with Crippen molar-refractivity contribution in [2.75, 3.05) is 0 Å².